The number of anilines is 1. The number of para-hydroxylation sites is 1. The highest BCUT2D eigenvalue weighted by atomic mass is 16.5. The van der Waals surface area contributed by atoms with Gasteiger partial charge in [0.1, 0.15) is 0 Å². The average Bonchev–Trinajstić information content (AvgIpc) is 3.06. The molecule has 1 fully saturated rings. The van der Waals surface area contributed by atoms with Gasteiger partial charge in [-0.1, -0.05) is 18.2 Å². The predicted molar refractivity (Wildman–Crippen MR) is 84.6 cm³/mol. The van der Waals surface area contributed by atoms with E-state index < -0.39 is 0 Å². The number of ether oxygens (including phenoxy) is 1. The molecule has 0 atom stereocenters. The van der Waals surface area contributed by atoms with E-state index in [-0.39, 0.29) is 18.5 Å². The van der Waals surface area contributed by atoms with Crippen molar-refractivity contribution in [2.45, 2.75) is 26.4 Å². The first-order valence-corrected chi connectivity index (χ1v) is 7.69. The summed E-state index contributed by atoms with van der Waals surface area (Å²) in [6.45, 7) is 4.59. The van der Waals surface area contributed by atoms with Crippen molar-refractivity contribution in [1.82, 2.24) is 10.2 Å². The van der Waals surface area contributed by atoms with Crippen LogP contribution in [0.4, 0.5) is 10.5 Å². The molecule has 1 aliphatic heterocycles. The van der Waals surface area contributed by atoms with Gasteiger partial charge >= 0.3 is 6.03 Å². The third-order valence-electron chi connectivity index (χ3n) is 3.59. The van der Waals surface area contributed by atoms with Crippen LogP contribution in [-0.2, 0) is 16.1 Å². The maximum Gasteiger partial charge on any atom is 0.319 e. The van der Waals surface area contributed by atoms with E-state index in [4.69, 9.17) is 4.74 Å². The number of nitrogens with zero attached hydrogens (tertiary/aromatic N) is 1. The molecule has 0 unspecified atom stereocenters. The van der Waals surface area contributed by atoms with Gasteiger partial charge in [-0.05, 0) is 25.8 Å². The van der Waals surface area contributed by atoms with Gasteiger partial charge in [-0.15, -0.1) is 0 Å². The first-order valence-electron chi connectivity index (χ1n) is 7.69. The molecule has 2 N–H and O–H groups in total. The van der Waals surface area contributed by atoms with Crippen LogP contribution in [0.15, 0.2) is 24.3 Å². The lowest BCUT2D eigenvalue weighted by molar-refractivity contribution is -0.128. The van der Waals surface area contributed by atoms with Gasteiger partial charge < -0.3 is 20.3 Å². The lowest BCUT2D eigenvalue weighted by Gasteiger charge is -2.16. The highest BCUT2D eigenvalue weighted by Gasteiger charge is 2.18. The van der Waals surface area contributed by atoms with E-state index >= 15 is 0 Å². The number of urea groups is 1. The molecule has 0 bridgehead atoms. The van der Waals surface area contributed by atoms with Crippen LogP contribution in [0.3, 0.4) is 0 Å². The van der Waals surface area contributed by atoms with Crippen LogP contribution in [0.25, 0.3) is 0 Å². The second kappa shape index (κ2) is 8.38. The zero-order chi connectivity index (χ0) is 15.8. The SMILES string of the molecule is CCOCc1ccccc1NC(=O)NCC(=O)N1CCCC1. The van der Waals surface area contributed by atoms with Gasteiger partial charge in [-0.3, -0.25) is 4.79 Å². The van der Waals surface area contributed by atoms with E-state index in [1.165, 1.54) is 0 Å². The molecule has 0 saturated carbocycles. The number of hydrogen-bond donors (Lipinski definition) is 2. The Morgan fingerprint density at radius 1 is 1.23 bits per heavy atom. The highest BCUT2D eigenvalue weighted by Crippen LogP contribution is 2.15. The van der Waals surface area contributed by atoms with E-state index in [1.807, 2.05) is 31.2 Å². The molecule has 22 heavy (non-hydrogen) atoms. The third-order valence-corrected chi connectivity index (χ3v) is 3.59. The summed E-state index contributed by atoms with van der Waals surface area (Å²) < 4.78 is 5.37. The van der Waals surface area contributed by atoms with Crippen molar-refractivity contribution in [1.29, 1.82) is 0 Å². The number of rotatable bonds is 6. The fourth-order valence-corrected chi connectivity index (χ4v) is 2.38. The zero-order valence-electron chi connectivity index (χ0n) is 12.9. The summed E-state index contributed by atoms with van der Waals surface area (Å²) in [7, 11) is 0. The van der Waals surface area contributed by atoms with Crippen molar-refractivity contribution in [2.75, 3.05) is 31.6 Å². The minimum Gasteiger partial charge on any atom is -0.377 e. The van der Waals surface area contributed by atoms with Crippen LogP contribution in [0.5, 0.6) is 0 Å². The molecule has 6 heteroatoms. The molecule has 1 saturated heterocycles. The van der Waals surface area contributed by atoms with Gasteiger partial charge in [0.2, 0.25) is 5.91 Å². The van der Waals surface area contributed by atoms with Crippen molar-refractivity contribution in [3.05, 3.63) is 29.8 Å². The smallest absolute Gasteiger partial charge is 0.319 e. The Bertz CT molecular complexity index is 513. The Morgan fingerprint density at radius 2 is 1.95 bits per heavy atom. The fourth-order valence-electron chi connectivity index (χ4n) is 2.38. The van der Waals surface area contributed by atoms with E-state index in [0.29, 0.717) is 18.9 Å². The molecule has 1 aliphatic rings. The van der Waals surface area contributed by atoms with Gasteiger partial charge in [-0.2, -0.15) is 0 Å². The molecule has 2 rings (SSSR count). The molecule has 6 nitrogen and oxygen atoms in total. The Hall–Kier alpha value is -2.08. The van der Waals surface area contributed by atoms with Crippen LogP contribution in [-0.4, -0.2) is 43.1 Å². The molecular formula is C16H23N3O3. The summed E-state index contributed by atoms with van der Waals surface area (Å²) >= 11 is 0. The number of benzene rings is 1. The van der Waals surface area contributed by atoms with E-state index in [1.54, 1.807) is 4.90 Å². The summed E-state index contributed by atoms with van der Waals surface area (Å²) in [5.41, 5.74) is 1.60. The molecule has 0 aromatic heterocycles. The van der Waals surface area contributed by atoms with Crippen molar-refractivity contribution in [3.63, 3.8) is 0 Å². The van der Waals surface area contributed by atoms with Gasteiger partial charge in [0, 0.05) is 30.9 Å². The second-order valence-electron chi connectivity index (χ2n) is 5.19. The summed E-state index contributed by atoms with van der Waals surface area (Å²) in [6, 6.07) is 7.09. The number of hydrogen-bond acceptors (Lipinski definition) is 3. The molecule has 0 spiro atoms. The number of nitrogens with one attached hydrogen (secondary N) is 2. The summed E-state index contributed by atoms with van der Waals surface area (Å²) in [5, 5.41) is 5.37. The summed E-state index contributed by atoms with van der Waals surface area (Å²) in [4.78, 5) is 25.6. The standard InChI is InChI=1S/C16H23N3O3/c1-2-22-12-13-7-3-4-8-14(13)18-16(21)17-11-15(20)19-9-5-6-10-19/h3-4,7-8H,2,5-6,9-12H2,1H3,(H2,17,18,21). The number of carbonyl (C=O) groups excluding carboxylic acids is 2. The van der Waals surface area contributed by atoms with Crippen LogP contribution >= 0.6 is 0 Å². The Labute approximate surface area is 130 Å². The van der Waals surface area contributed by atoms with E-state index in [0.717, 1.165) is 31.5 Å². The monoisotopic (exact) mass is 305 g/mol. The molecule has 1 aromatic rings. The Balaban J connectivity index is 1.82. The van der Waals surface area contributed by atoms with Crippen molar-refractivity contribution >= 4 is 17.6 Å². The van der Waals surface area contributed by atoms with Gasteiger partial charge in [0.25, 0.3) is 0 Å². The van der Waals surface area contributed by atoms with Crippen molar-refractivity contribution in [2.24, 2.45) is 0 Å². The molecule has 1 heterocycles. The van der Waals surface area contributed by atoms with Crippen molar-refractivity contribution < 1.29 is 14.3 Å². The van der Waals surface area contributed by atoms with Crippen LogP contribution in [0, 0.1) is 0 Å². The summed E-state index contributed by atoms with van der Waals surface area (Å²) in [6.07, 6.45) is 2.09. The maximum atomic E-state index is 11.9. The lowest BCUT2D eigenvalue weighted by atomic mass is 10.2. The molecule has 0 radical (unpaired) electrons. The molecule has 1 aromatic carbocycles. The third kappa shape index (κ3) is 4.73. The number of likely N-dealkylation sites (tertiary alicyclic amines) is 1. The van der Waals surface area contributed by atoms with Gasteiger partial charge in [0.15, 0.2) is 0 Å². The average molecular weight is 305 g/mol. The van der Waals surface area contributed by atoms with Crippen LogP contribution in [0.1, 0.15) is 25.3 Å². The highest BCUT2D eigenvalue weighted by molar-refractivity contribution is 5.92. The summed E-state index contributed by atoms with van der Waals surface area (Å²) in [5.74, 6) is -0.0322. The van der Waals surface area contributed by atoms with Crippen LogP contribution in [0.2, 0.25) is 0 Å². The maximum absolute atomic E-state index is 11.9. The van der Waals surface area contributed by atoms with E-state index in [2.05, 4.69) is 10.6 Å². The molecule has 0 aliphatic carbocycles. The van der Waals surface area contributed by atoms with E-state index in [9.17, 15) is 9.59 Å². The van der Waals surface area contributed by atoms with Crippen molar-refractivity contribution in [3.8, 4) is 0 Å². The largest absolute Gasteiger partial charge is 0.377 e. The van der Waals surface area contributed by atoms with Gasteiger partial charge in [-0.25, -0.2) is 4.79 Å². The van der Waals surface area contributed by atoms with Gasteiger partial charge in [0.05, 0.1) is 13.2 Å². The second-order valence-corrected chi connectivity index (χ2v) is 5.19. The number of carbonyl (C=O) groups is 2. The molecule has 120 valence electrons. The first kappa shape index (κ1) is 16.3. The molecular weight excluding hydrogens is 282 g/mol. The van der Waals surface area contributed by atoms with Crippen LogP contribution < -0.4 is 10.6 Å². The number of amides is 3. The lowest BCUT2D eigenvalue weighted by Crippen LogP contribution is -2.40. The quantitative estimate of drug-likeness (QED) is 0.844. The normalized spacial score (nSPS) is 14.0. The Morgan fingerprint density at radius 3 is 2.68 bits per heavy atom. The first-order chi connectivity index (χ1) is 10.7. The topological polar surface area (TPSA) is 70.7 Å². The minimum absolute atomic E-state index is 0.0272. The fraction of sp³-hybridized carbons (Fsp3) is 0.500. The molecule has 3 amide bonds. The Kier molecular flexibility index (Phi) is 6.21. The minimum atomic E-state index is -0.378. The zero-order valence-corrected chi connectivity index (χ0v) is 12.9. The predicted octanol–water partition coefficient (Wildman–Crippen LogP) is 1.97.